The average molecular weight is 193 g/mol. The first-order valence-electron chi connectivity index (χ1n) is 4.64. The van der Waals surface area contributed by atoms with E-state index in [1.165, 1.54) is 6.92 Å². The van der Waals surface area contributed by atoms with Crippen molar-refractivity contribution in [2.75, 3.05) is 13.1 Å². The predicted molar refractivity (Wildman–Crippen MR) is 54.6 cm³/mol. The van der Waals surface area contributed by atoms with Crippen LogP contribution in [0.4, 0.5) is 0 Å². The number of hydrogen-bond donors (Lipinski definition) is 2. The lowest BCUT2D eigenvalue weighted by atomic mass is 10.3. The molecule has 4 heteroatoms. The van der Waals surface area contributed by atoms with Gasteiger partial charge in [0.25, 0.3) is 0 Å². The van der Waals surface area contributed by atoms with Gasteiger partial charge in [0, 0.05) is 32.8 Å². The summed E-state index contributed by atoms with van der Waals surface area (Å²) in [6.45, 7) is 3.66. The normalized spacial score (nSPS) is 9.79. The van der Waals surface area contributed by atoms with Gasteiger partial charge in [-0.3, -0.25) is 9.78 Å². The third kappa shape index (κ3) is 4.57. The third-order valence-electron chi connectivity index (χ3n) is 1.71. The first kappa shape index (κ1) is 10.7. The second-order valence-electron chi connectivity index (χ2n) is 2.98. The van der Waals surface area contributed by atoms with Gasteiger partial charge in [-0.15, -0.1) is 0 Å². The van der Waals surface area contributed by atoms with Crippen LogP contribution in [0.25, 0.3) is 0 Å². The zero-order valence-electron chi connectivity index (χ0n) is 8.29. The van der Waals surface area contributed by atoms with Gasteiger partial charge in [-0.2, -0.15) is 0 Å². The zero-order chi connectivity index (χ0) is 10.2. The molecule has 1 aromatic rings. The van der Waals surface area contributed by atoms with Gasteiger partial charge in [-0.05, 0) is 12.1 Å². The first-order valence-corrected chi connectivity index (χ1v) is 4.64. The number of aromatic nitrogens is 1. The van der Waals surface area contributed by atoms with Gasteiger partial charge in [0.05, 0.1) is 5.69 Å². The van der Waals surface area contributed by atoms with Crippen LogP contribution < -0.4 is 10.6 Å². The van der Waals surface area contributed by atoms with Gasteiger partial charge in [-0.1, -0.05) is 6.07 Å². The summed E-state index contributed by atoms with van der Waals surface area (Å²) in [5.74, 6) is 0.00429. The van der Waals surface area contributed by atoms with Crippen LogP contribution >= 0.6 is 0 Å². The predicted octanol–water partition coefficient (Wildman–Crippen LogP) is 0.307. The summed E-state index contributed by atoms with van der Waals surface area (Å²) >= 11 is 0. The SMILES string of the molecule is CC(=O)NCCNCc1ccccn1. The molecule has 0 saturated carbocycles. The van der Waals surface area contributed by atoms with Crippen LogP contribution in [0.2, 0.25) is 0 Å². The van der Waals surface area contributed by atoms with E-state index in [9.17, 15) is 4.79 Å². The Morgan fingerprint density at radius 3 is 2.93 bits per heavy atom. The van der Waals surface area contributed by atoms with E-state index in [4.69, 9.17) is 0 Å². The van der Waals surface area contributed by atoms with Gasteiger partial charge in [0.15, 0.2) is 0 Å². The smallest absolute Gasteiger partial charge is 0.216 e. The number of hydrogen-bond acceptors (Lipinski definition) is 3. The zero-order valence-corrected chi connectivity index (χ0v) is 8.29. The van der Waals surface area contributed by atoms with E-state index in [0.717, 1.165) is 18.8 Å². The number of carbonyl (C=O) groups excluding carboxylic acids is 1. The van der Waals surface area contributed by atoms with Crippen LogP contribution in [0.1, 0.15) is 12.6 Å². The number of nitrogens with zero attached hydrogens (tertiary/aromatic N) is 1. The minimum Gasteiger partial charge on any atom is -0.355 e. The lowest BCUT2D eigenvalue weighted by Crippen LogP contribution is -2.30. The fourth-order valence-electron chi connectivity index (χ4n) is 1.05. The average Bonchev–Trinajstić information content (AvgIpc) is 2.18. The summed E-state index contributed by atoms with van der Waals surface area (Å²) in [6, 6.07) is 5.81. The van der Waals surface area contributed by atoms with E-state index in [1.807, 2.05) is 18.2 Å². The molecule has 0 bridgehead atoms. The summed E-state index contributed by atoms with van der Waals surface area (Å²) in [7, 11) is 0. The second kappa shape index (κ2) is 6.10. The van der Waals surface area contributed by atoms with E-state index in [1.54, 1.807) is 6.20 Å². The monoisotopic (exact) mass is 193 g/mol. The van der Waals surface area contributed by atoms with Crippen molar-refractivity contribution in [2.45, 2.75) is 13.5 Å². The fourth-order valence-corrected chi connectivity index (χ4v) is 1.05. The molecule has 0 aromatic carbocycles. The van der Waals surface area contributed by atoms with E-state index in [2.05, 4.69) is 15.6 Å². The standard InChI is InChI=1S/C10H15N3O/c1-9(14)12-7-6-11-8-10-4-2-3-5-13-10/h2-5,11H,6-8H2,1H3,(H,12,14). The van der Waals surface area contributed by atoms with Crippen LogP contribution in [0.15, 0.2) is 24.4 Å². The minimum atomic E-state index is 0.00429. The van der Waals surface area contributed by atoms with Crippen molar-refractivity contribution in [2.24, 2.45) is 0 Å². The fraction of sp³-hybridized carbons (Fsp3) is 0.400. The Hall–Kier alpha value is -1.42. The van der Waals surface area contributed by atoms with Crippen molar-refractivity contribution < 1.29 is 4.79 Å². The molecule has 0 fully saturated rings. The highest BCUT2D eigenvalue weighted by Crippen LogP contribution is 1.90. The van der Waals surface area contributed by atoms with Crippen LogP contribution in [-0.4, -0.2) is 24.0 Å². The maximum atomic E-state index is 10.5. The van der Waals surface area contributed by atoms with Crippen LogP contribution in [-0.2, 0) is 11.3 Å². The molecule has 0 radical (unpaired) electrons. The summed E-state index contributed by atoms with van der Waals surface area (Å²) in [6.07, 6.45) is 1.77. The van der Waals surface area contributed by atoms with Crippen molar-refractivity contribution in [3.63, 3.8) is 0 Å². The lowest BCUT2D eigenvalue weighted by molar-refractivity contribution is -0.118. The molecule has 0 aliphatic carbocycles. The number of carbonyl (C=O) groups is 1. The maximum Gasteiger partial charge on any atom is 0.216 e. The molecule has 2 N–H and O–H groups in total. The lowest BCUT2D eigenvalue weighted by Gasteiger charge is -2.04. The molecule has 0 spiro atoms. The van der Waals surface area contributed by atoms with Crippen LogP contribution in [0.5, 0.6) is 0 Å². The summed E-state index contributed by atoms with van der Waals surface area (Å²) in [4.78, 5) is 14.7. The molecule has 14 heavy (non-hydrogen) atoms. The molecule has 1 rings (SSSR count). The van der Waals surface area contributed by atoms with Crippen molar-refractivity contribution in [3.05, 3.63) is 30.1 Å². The Morgan fingerprint density at radius 1 is 1.43 bits per heavy atom. The van der Waals surface area contributed by atoms with Crippen molar-refractivity contribution in [1.29, 1.82) is 0 Å². The molecular weight excluding hydrogens is 178 g/mol. The van der Waals surface area contributed by atoms with Gasteiger partial charge in [0.1, 0.15) is 0 Å². The Balaban J connectivity index is 2.08. The molecule has 1 heterocycles. The van der Waals surface area contributed by atoms with Crippen molar-refractivity contribution >= 4 is 5.91 Å². The molecular formula is C10H15N3O. The topological polar surface area (TPSA) is 54.0 Å². The van der Waals surface area contributed by atoms with E-state index in [0.29, 0.717) is 6.54 Å². The summed E-state index contributed by atoms with van der Waals surface area (Å²) in [5, 5.41) is 5.89. The number of nitrogens with one attached hydrogen (secondary N) is 2. The molecule has 76 valence electrons. The highest BCUT2D eigenvalue weighted by atomic mass is 16.1. The third-order valence-corrected chi connectivity index (χ3v) is 1.71. The molecule has 0 aliphatic rings. The van der Waals surface area contributed by atoms with Gasteiger partial charge in [-0.25, -0.2) is 0 Å². The first-order chi connectivity index (χ1) is 6.79. The minimum absolute atomic E-state index is 0.00429. The summed E-state index contributed by atoms with van der Waals surface area (Å²) < 4.78 is 0. The van der Waals surface area contributed by atoms with E-state index >= 15 is 0 Å². The highest BCUT2D eigenvalue weighted by Gasteiger charge is 1.92. The highest BCUT2D eigenvalue weighted by molar-refractivity contribution is 5.72. The number of amides is 1. The Morgan fingerprint density at radius 2 is 2.29 bits per heavy atom. The maximum absolute atomic E-state index is 10.5. The quantitative estimate of drug-likeness (QED) is 0.662. The second-order valence-corrected chi connectivity index (χ2v) is 2.98. The molecule has 0 unspecified atom stereocenters. The number of rotatable bonds is 5. The number of pyridine rings is 1. The molecule has 0 atom stereocenters. The molecule has 0 saturated heterocycles. The van der Waals surface area contributed by atoms with Crippen molar-refractivity contribution in [3.8, 4) is 0 Å². The van der Waals surface area contributed by atoms with Crippen molar-refractivity contribution in [1.82, 2.24) is 15.6 Å². The van der Waals surface area contributed by atoms with Gasteiger partial charge < -0.3 is 10.6 Å². The van der Waals surface area contributed by atoms with Gasteiger partial charge in [0.2, 0.25) is 5.91 Å². The van der Waals surface area contributed by atoms with E-state index < -0.39 is 0 Å². The molecule has 1 aromatic heterocycles. The Bertz CT molecular complexity index is 274. The summed E-state index contributed by atoms with van der Waals surface area (Å²) in [5.41, 5.74) is 1.01. The van der Waals surface area contributed by atoms with E-state index in [-0.39, 0.29) is 5.91 Å². The van der Waals surface area contributed by atoms with Crippen LogP contribution in [0, 0.1) is 0 Å². The Labute approximate surface area is 83.7 Å². The molecule has 1 amide bonds. The molecule has 0 aliphatic heterocycles. The van der Waals surface area contributed by atoms with Gasteiger partial charge >= 0.3 is 0 Å². The van der Waals surface area contributed by atoms with Crippen LogP contribution in [0.3, 0.4) is 0 Å². The Kier molecular flexibility index (Phi) is 4.64. The molecule has 4 nitrogen and oxygen atoms in total. The largest absolute Gasteiger partial charge is 0.355 e.